The molecule has 0 aliphatic carbocycles. The fraction of sp³-hybridized carbons (Fsp3) is 0.133. The molecule has 2 nitrogen and oxygen atoms in total. The van der Waals surface area contributed by atoms with Crippen molar-refractivity contribution in [3.63, 3.8) is 0 Å². The molecule has 0 aliphatic heterocycles. The van der Waals surface area contributed by atoms with Crippen molar-refractivity contribution in [1.29, 1.82) is 0 Å². The molecule has 1 atom stereocenters. The summed E-state index contributed by atoms with van der Waals surface area (Å²) in [6, 6.07) is 9.06. The van der Waals surface area contributed by atoms with Crippen molar-refractivity contribution >= 4 is 37.8 Å². The molecule has 6 heteroatoms. The van der Waals surface area contributed by atoms with E-state index in [2.05, 4.69) is 31.9 Å². The molecular weight excluding hydrogens is 410 g/mol. The smallest absolute Gasteiger partial charge is 0.311 e. The maximum Gasteiger partial charge on any atom is 0.311 e. The van der Waals surface area contributed by atoms with Crippen LogP contribution >= 0.6 is 31.9 Å². The van der Waals surface area contributed by atoms with Crippen molar-refractivity contribution in [1.82, 2.24) is 0 Å². The van der Waals surface area contributed by atoms with E-state index in [4.69, 9.17) is 0 Å². The molecule has 2 aromatic carbocycles. The van der Waals surface area contributed by atoms with Gasteiger partial charge in [-0.15, -0.1) is 0 Å². The van der Waals surface area contributed by atoms with Gasteiger partial charge >= 0.3 is 5.97 Å². The number of carbonyl (C=O) groups is 1. The summed E-state index contributed by atoms with van der Waals surface area (Å²) >= 11 is 6.24. The molecule has 2 rings (SSSR count). The van der Waals surface area contributed by atoms with Gasteiger partial charge in [0, 0.05) is 10.0 Å². The van der Waals surface area contributed by atoms with Crippen LogP contribution in [-0.4, -0.2) is 11.1 Å². The second-order valence-electron chi connectivity index (χ2n) is 4.47. The van der Waals surface area contributed by atoms with Gasteiger partial charge in [0.05, 0.1) is 10.4 Å². The molecule has 0 spiro atoms. The maximum absolute atomic E-state index is 14.0. The third-order valence-corrected chi connectivity index (χ3v) is 4.20. The van der Waals surface area contributed by atoms with E-state index >= 15 is 0 Å². The zero-order chi connectivity index (χ0) is 15.6. The number of benzene rings is 2. The molecule has 1 N–H and O–H groups in total. The molecule has 21 heavy (non-hydrogen) atoms. The van der Waals surface area contributed by atoms with Gasteiger partial charge in [0.15, 0.2) is 0 Å². The molecule has 0 saturated heterocycles. The fourth-order valence-electron chi connectivity index (χ4n) is 2.03. The fourth-order valence-corrected chi connectivity index (χ4v) is 2.82. The van der Waals surface area contributed by atoms with E-state index in [1.54, 1.807) is 24.3 Å². The largest absolute Gasteiger partial charge is 0.481 e. The molecule has 0 saturated carbocycles. The Bertz CT molecular complexity index is 689. The Kier molecular flexibility index (Phi) is 5.11. The Morgan fingerprint density at radius 3 is 2.52 bits per heavy atom. The lowest BCUT2D eigenvalue weighted by atomic mass is 9.91. The average molecular weight is 420 g/mol. The zero-order valence-electron chi connectivity index (χ0n) is 10.6. The minimum atomic E-state index is -1.13. The third kappa shape index (κ3) is 3.68. The first kappa shape index (κ1) is 16.1. The highest BCUT2D eigenvalue weighted by atomic mass is 79.9. The van der Waals surface area contributed by atoms with Gasteiger partial charge in [-0.1, -0.05) is 28.1 Å². The van der Waals surface area contributed by atoms with Crippen molar-refractivity contribution in [2.75, 3.05) is 0 Å². The summed E-state index contributed by atoms with van der Waals surface area (Å²) in [4.78, 5) is 11.5. The van der Waals surface area contributed by atoms with E-state index in [0.717, 1.165) is 6.07 Å². The number of carboxylic acids is 1. The van der Waals surface area contributed by atoms with Gasteiger partial charge in [-0.25, -0.2) is 8.78 Å². The Hall–Kier alpha value is -1.27. The predicted octanol–water partition coefficient (Wildman–Crippen LogP) is 4.90. The second kappa shape index (κ2) is 6.66. The Morgan fingerprint density at radius 2 is 1.90 bits per heavy atom. The van der Waals surface area contributed by atoms with Crippen LogP contribution in [0.1, 0.15) is 17.0 Å². The maximum atomic E-state index is 14.0. The van der Waals surface area contributed by atoms with Crippen molar-refractivity contribution in [3.05, 3.63) is 68.1 Å². The first-order valence-corrected chi connectivity index (χ1v) is 7.59. The monoisotopic (exact) mass is 418 g/mol. The lowest BCUT2D eigenvalue weighted by molar-refractivity contribution is -0.138. The van der Waals surface area contributed by atoms with Crippen LogP contribution in [-0.2, 0) is 11.2 Å². The SMILES string of the molecule is O=C(O)C(Cc1c(F)ccc(Br)c1F)c1cccc(Br)c1. The number of rotatable bonds is 4. The molecule has 110 valence electrons. The van der Waals surface area contributed by atoms with Crippen LogP contribution in [0.3, 0.4) is 0 Å². The lowest BCUT2D eigenvalue weighted by Crippen LogP contribution is -2.16. The molecule has 0 heterocycles. The van der Waals surface area contributed by atoms with E-state index in [9.17, 15) is 18.7 Å². The molecular formula is C15H10Br2F2O2. The topological polar surface area (TPSA) is 37.3 Å². The minimum Gasteiger partial charge on any atom is -0.481 e. The Labute approximate surface area is 137 Å². The molecule has 0 amide bonds. The van der Waals surface area contributed by atoms with Crippen LogP contribution in [0.25, 0.3) is 0 Å². The molecule has 0 radical (unpaired) electrons. The van der Waals surface area contributed by atoms with Gasteiger partial charge in [-0.3, -0.25) is 4.79 Å². The number of hydrogen-bond acceptors (Lipinski definition) is 1. The van der Waals surface area contributed by atoms with E-state index in [1.807, 2.05) is 0 Å². The Morgan fingerprint density at radius 1 is 1.19 bits per heavy atom. The van der Waals surface area contributed by atoms with Crippen LogP contribution in [0.4, 0.5) is 8.78 Å². The van der Waals surface area contributed by atoms with E-state index < -0.39 is 23.5 Å². The summed E-state index contributed by atoms with van der Waals surface area (Å²) in [6.07, 6.45) is -0.261. The van der Waals surface area contributed by atoms with E-state index in [0.29, 0.717) is 10.0 Å². The number of aliphatic carboxylic acids is 1. The summed E-state index contributed by atoms with van der Waals surface area (Å²) in [7, 11) is 0. The summed E-state index contributed by atoms with van der Waals surface area (Å²) in [5.41, 5.74) is 0.243. The molecule has 0 bridgehead atoms. The third-order valence-electron chi connectivity index (χ3n) is 3.10. The zero-order valence-corrected chi connectivity index (χ0v) is 13.8. The highest BCUT2D eigenvalue weighted by Gasteiger charge is 2.24. The summed E-state index contributed by atoms with van der Waals surface area (Å²) in [5.74, 6) is -3.68. The molecule has 0 aromatic heterocycles. The number of hydrogen-bond donors (Lipinski definition) is 1. The average Bonchev–Trinajstić information content (AvgIpc) is 2.43. The van der Waals surface area contributed by atoms with Crippen molar-refractivity contribution < 1.29 is 18.7 Å². The summed E-state index contributed by atoms with van der Waals surface area (Å²) in [6.45, 7) is 0. The lowest BCUT2D eigenvalue weighted by Gasteiger charge is -2.15. The van der Waals surface area contributed by atoms with Crippen LogP contribution in [0.2, 0.25) is 0 Å². The first-order chi connectivity index (χ1) is 9.90. The molecule has 1 unspecified atom stereocenters. The van der Waals surface area contributed by atoms with Crippen molar-refractivity contribution in [2.45, 2.75) is 12.3 Å². The van der Waals surface area contributed by atoms with Crippen LogP contribution in [0.5, 0.6) is 0 Å². The highest BCUT2D eigenvalue weighted by Crippen LogP contribution is 2.29. The van der Waals surface area contributed by atoms with E-state index in [1.165, 1.54) is 6.07 Å². The van der Waals surface area contributed by atoms with Gasteiger partial charge in [0.1, 0.15) is 11.6 Å². The number of halogens is 4. The minimum absolute atomic E-state index is 0.109. The van der Waals surface area contributed by atoms with Gasteiger partial charge in [0.2, 0.25) is 0 Å². The molecule has 0 fully saturated rings. The van der Waals surface area contributed by atoms with Gasteiger partial charge < -0.3 is 5.11 Å². The van der Waals surface area contributed by atoms with E-state index in [-0.39, 0.29) is 16.5 Å². The summed E-state index contributed by atoms with van der Waals surface area (Å²) in [5, 5.41) is 9.36. The summed E-state index contributed by atoms with van der Waals surface area (Å²) < 4.78 is 28.6. The van der Waals surface area contributed by atoms with Gasteiger partial charge in [-0.05, 0) is 52.2 Å². The Balaban J connectivity index is 2.43. The predicted molar refractivity (Wildman–Crippen MR) is 82.3 cm³/mol. The van der Waals surface area contributed by atoms with Crippen LogP contribution < -0.4 is 0 Å². The first-order valence-electron chi connectivity index (χ1n) is 6.00. The number of carboxylic acid groups (broad SMARTS) is 1. The van der Waals surface area contributed by atoms with Crippen LogP contribution in [0.15, 0.2) is 45.3 Å². The van der Waals surface area contributed by atoms with Gasteiger partial charge in [-0.2, -0.15) is 0 Å². The van der Waals surface area contributed by atoms with Crippen LogP contribution in [0, 0.1) is 11.6 Å². The van der Waals surface area contributed by atoms with Crippen molar-refractivity contribution in [3.8, 4) is 0 Å². The van der Waals surface area contributed by atoms with Gasteiger partial charge in [0.25, 0.3) is 0 Å². The molecule has 0 aliphatic rings. The quantitative estimate of drug-likeness (QED) is 0.715. The second-order valence-corrected chi connectivity index (χ2v) is 6.24. The normalized spacial score (nSPS) is 12.2. The standard InChI is InChI=1S/C15H10Br2F2O2/c16-9-3-1-2-8(6-9)10(15(20)21)7-11-13(18)5-4-12(17)14(11)19/h1-6,10H,7H2,(H,20,21). The highest BCUT2D eigenvalue weighted by molar-refractivity contribution is 9.10. The van der Waals surface area contributed by atoms with Crippen molar-refractivity contribution in [2.24, 2.45) is 0 Å². The molecule has 2 aromatic rings.